The Morgan fingerprint density at radius 3 is 2.64 bits per heavy atom. The van der Waals surface area contributed by atoms with E-state index in [1.165, 1.54) is 38.9 Å². The molecule has 0 spiro atoms. The lowest BCUT2D eigenvalue weighted by Crippen LogP contribution is -2.39. The van der Waals surface area contributed by atoms with Gasteiger partial charge in [-0.3, -0.25) is 9.69 Å². The number of aryl methyl sites for hydroxylation is 1. The van der Waals surface area contributed by atoms with Gasteiger partial charge in [0.15, 0.2) is 6.29 Å². The van der Waals surface area contributed by atoms with E-state index in [9.17, 15) is 4.79 Å². The van der Waals surface area contributed by atoms with Crippen LogP contribution in [0.2, 0.25) is 0 Å². The van der Waals surface area contributed by atoms with E-state index in [4.69, 9.17) is 0 Å². The number of rotatable bonds is 3. The first-order valence-corrected chi connectivity index (χ1v) is 10.2. The van der Waals surface area contributed by atoms with Crippen molar-refractivity contribution in [3.63, 3.8) is 0 Å². The Morgan fingerprint density at radius 2 is 1.82 bits per heavy atom. The number of carbonyl (C=O) groups is 1. The van der Waals surface area contributed by atoms with Crippen LogP contribution in [0, 0.1) is 6.92 Å². The molecule has 2 aromatic carbocycles. The number of hydrogen-bond acceptors (Lipinski definition) is 3. The van der Waals surface area contributed by atoms with Crippen LogP contribution in [0.5, 0.6) is 0 Å². The van der Waals surface area contributed by atoms with Crippen molar-refractivity contribution in [3.05, 3.63) is 70.4 Å². The van der Waals surface area contributed by atoms with E-state index in [1.54, 1.807) is 0 Å². The molecule has 4 nitrogen and oxygen atoms in total. The van der Waals surface area contributed by atoms with Crippen LogP contribution in [0.1, 0.15) is 34.1 Å². The number of likely N-dealkylation sites (N-methyl/N-ethyl adjacent to an activating group) is 1. The van der Waals surface area contributed by atoms with Gasteiger partial charge in [-0.2, -0.15) is 0 Å². The minimum absolute atomic E-state index is 0.245. The maximum Gasteiger partial charge on any atom is 0.157 e. The van der Waals surface area contributed by atoms with Crippen molar-refractivity contribution in [3.8, 4) is 0 Å². The highest BCUT2D eigenvalue weighted by Crippen LogP contribution is 2.35. The molecule has 0 fully saturated rings. The summed E-state index contributed by atoms with van der Waals surface area (Å²) in [5.74, 6) is 0. The monoisotopic (exact) mass is 373 g/mol. The van der Waals surface area contributed by atoms with E-state index < -0.39 is 0 Å². The molecule has 2 aliphatic heterocycles. The lowest BCUT2D eigenvalue weighted by molar-refractivity contribution is -0.115. The van der Waals surface area contributed by atoms with E-state index >= 15 is 0 Å². The summed E-state index contributed by atoms with van der Waals surface area (Å²) in [6.45, 7) is 5.89. The Bertz CT molecular complexity index is 1050. The number of aldehydes is 1. The summed E-state index contributed by atoms with van der Waals surface area (Å²) in [4.78, 5) is 17.1. The fourth-order valence-corrected chi connectivity index (χ4v) is 5.00. The van der Waals surface area contributed by atoms with Gasteiger partial charge in [0.2, 0.25) is 0 Å². The second kappa shape index (κ2) is 6.87. The Hall–Kier alpha value is -2.43. The third kappa shape index (κ3) is 2.79. The van der Waals surface area contributed by atoms with E-state index in [-0.39, 0.29) is 6.17 Å². The number of carbonyl (C=O) groups excluding carboxylic acids is 1. The summed E-state index contributed by atoms with van der Waals surface area (Å²) in [5, 5.41) is 1.31. The van der Waals surface area contributed by atoms with Gasteiger partial charge >= 0.3 is 0 Å². The lowest BCUT2D eigenvalue weighted by Gasteiger charge is -2.35. The summed E-state index contributed by atoms with van der Waals surface area (Å²) >= 11 is 0. The highest BCUT2D eigenvalue weighted by molar-refractivity contribution is 5.87. The fraction of sp³-hybridized carbons (Fsp3) is 0.375. The van der Waals surface area contributed by atoms with Crippen LogP contribution in [0.4, 0.5) is 0 Å². The van der Waals surface area contributed by atoms with Gasteiger partial charge in [0.25, 0.3) is 0 Å². The van der Waals surface area contributed by atoms with Crippen molar-refractivity contribution >= 4 is 17.2 Å². The summed E-state index contributed by atoms with van der Waals surface area (Å²) in [6, 6.07) is 15.3. The van der Waals surface area contributed by atoms with Crippen LogP contribution >= 0.6 is 0 Å². The topological polar surface area (TPSA) is 28.5 Å². The first-order valence-electron chi connectivity index (χ1n) is 10.2. The van der Waals surface area contributed by atoms with Crippen molar-refractivity contribution in [2.75, 3.05) is 20.1 Å². The summed E-state index contributed by atoms with van der Waals surface area (Å²) < 4.78 is 2.33. The molecule has 0 N–H and O–H groups in total. The number of aromatic nitrogens is 1. The minimum atomic E-state index is -0.245. The molecule has 144 valence electrons. The zero-order valence-electron chi connectivity index (χ0n) is 16.7. The van der Waals surface area contributed by atoms with Crippen LogP contribution in [0.3, 0.4) is 0 Å². The Morgan fingerprint density at radius 1 is 1.00 bits per heavy atom. The molecule has 5 rings (SSSR count). The third-order valence-corrected chi connectivity index (χ3v) is 6.45. The van der Waals surface area contributed by atoms with Crippen molar-refractivity contribution < 1.29 is 4.79 Å². The second-order valence-corrected chi connectivity index (χ2v) is 8.34. The molecule has 2 aliphatic rings. The maximum atomic E-state index is 12.4. The normalized spacial score (nSPS) is 18.6. The van der Waals surface area contributed by atoms with Gasteiger partial charge in [-0.05, 0) is 49.2 Å². The predicted octanol–water partition coefficient (Wildman–Crippen LogP) is 3.69. The van der Waals surface area contributed by atoms with Gasteiger partial charge in [0, 0.05) is 43.7 Å². The van der Waals surface area contributed by atoms with E-state index in [2.05, 4.69) is 70.8 Å². The standard InChI is InChI=1S/C24H27N3O/c1-17-7-8-22-20(13-17)21-15-25(2)11-10-23(21)27(22)24(16-28)26-12-9-18-5-3-4-6-19(18)14-26/h3-8,13,16,24H,9-12,14-15H2,1-2H3. The number of fused-ring (bicyclic) bond motifs is 4. The van der Waals surface area contributed by atoms with Gasteiger partial charge in [-0.15, -0.1) is 0 Å². The van der Waals surface area contributed by atoms with Crippen molar-refractivity contribution in [1.82, 2.24) is 14.4 Å². The van der Waals surface area contributed by atoms with Crippen LogP contribution < -0.4 is 0 Å². The molecular formula is C24H27N3O. The molecule has 1 unspecified atom stereocenters. The summed E-state index contributed by atoms with van der Waals surface area (Å²) in [6.07, 6.45) is 2.90. The number of benzene rings is 2. The SMILES string of the molecule is Cc1ccc2c(c1)c1c(n2C(C=O)N2CCc3ccccc3C2)CCN(C)C1. The van der Waals surface area contributed by atoms with Gasteiger partial charge in [0.1, 0.15) is 6.17 Å². The average molecular weight is 374 g/mol. The van der Waals surface area contributed by atoms with E-state index in [0.29, 0.717) is 0 Å². The molecule has 0 aliphatic carbocycles. The van der Waals surface area contributed by atoms with Crippen molar-refractivity contribution in [1.29, 1.82) is 0 Å². The largest absolute Gasteiger partial charge is 0.321 e. The average Bonchev–Trinajstić information content (AvgIpc) is 3.01. The molecule has 4 heteroatoms. The number of nitrogens with zero attached hydrogens (tertiary/aromatic N) is 3. The molecule has 0 amide bonds. The Balaban J connectivity index is 1.63. The van der Waals surface area contributed by atoms with Crippen LogP contribution in [-0.2, 0) is 30.7 Å². The van der Waals surface area contributed by atoms with Gasteiger partial charge in [0.05, 0.1) is 5.52 Å². The van der Waals surface area contributed by atoms with Crippen molar-refractivity contribution in [2.45, 2.75) is 39.0 Å². The smallest absolute Gasteiger partial charge is 0.157 e. The van der Waals surface area contributed by atoms with Crippen LogP contribution in [0.25, 0.3) is 10.9 Å². The first-order chi connectivity index (χ1) is 13.7. The molecule has 28 heavy (non-hydrogen) atoms. The van der Waals surface area contributed by atoms with Gasteiger partial charge in [-0.25, -0.2) is 0 Å². The summed E-state index contributed by atoms with van der Waals surface area (Å²) in [7, 11) is 2.18. The molecule has 0 radical (unpaired) electrons. The molecule has 0 saturated heterocycles. The third-order valence-electron chi connectivity index (χ3n) is 6.45. The Kier molecular flexibility index (Phi) is 4.33. The molecule has 3 aromatic rings. The molecule has 1 aromatic heterocycles. The molecule has 0 saturated carbocycles. The predicted molar refractivity (Wildman–Crippen MR) is 112 cm³/mol. The molecule has 3 heterocycles. The fourth-order valence-electron chi connectivity index (χ4n) is 5.00. The highest BCUT2D eigenvalue weighted by Gasteiger charge is 2.30. The molecule has 0 bridgehead atoms. The van der Waals surface area contributed by atoms with Crippen LogP contribution in [-0.4, -0.2) is 40.8 Å². The molecular weight excluding hydrogens is 346 g/mol. The zero-order valence-corrected chi connectivity index (χ0v) is 16.7. The quantitative estimate of drug-likeness (QED) is 0.656. The first kappa shape index (κ1) is 17.7. The van der Waals surface area contributed by atoms with E-state index in [1.807, 2.05) is 0 Å². The van der Waals surface area contributed by atoms with Gasteiger partial charge < -0.3 is 9.47 Å². The summed E-state index contributed by atoms with van der Waals surface area (Å²) in [5.41, 5.74) is 7.98. The van der Waals surface area contributed by atoms with Crippen LogP contribution in [0.15, 0.2) is 42.5 Å². The lowest BCUT2D eigenvalue weighted by atomic mass is 9.99. The maximum absolute atomic E-state index is 12.4. The van der Waals surface area contributed by atoms with Gasteiger partial charge in [-0.1, -0.05) is 35.9 Å². The molecule has 1 atom stereocenters. The van der Waals surface area contributed by atoms with E-state index in [0.717, 1.165) is 45.3 Å². The van der Waals surface area contributed by atoms with Crippen molar-refractivity contribution in [2.24, 2.45) is 0 Å². The zero-order chi connectivity index (χ0) is 19.3. The number of hydrogen-bond donors (Lipinski definition) is 0. The minimum Gasteiger partial charge on any atom is -0.321 e. The highest BCUT2D eigenvalue weighted by atomic mass is 16.1. The Labute approximate surface area is 166 Å². The second-order valence-electron chi connectivity index (χ2n) is 8.34.